The predicted molar refractivity (Wildman–Crippen MR) is 93.4 cm³/mol. The number of rotatable bonds is 8. The van der Waals surface area contributed by atoms with E-state index in [1.807, 2.05) is 4.90 Å². The SMILES string of the molecule is O=C(NCCNc1ncccn1)N(C[C@H]1CCCO1)C[C@H]1CCCO1. The van der Waals surface area contributed by atoms with E-state index in [2.05, 4.69) is 20.6 Å². The normalized spacial score (nSPS) is 22.7. The summed E-state index contributed by atoms with van der Waals surface area (Å²) >= 11 is 0. The van der Waals surface area contributed by atoms with Gasteiger partial charge in [0.2, 0.25) is 5.95 Å². The van der Waals surface area contributed by atoms with Gasteiger partial charge in [-0.1, -0.05) is 0 Å². The van der Waals surface area contributed by atoms with Gasteiger partial charge in [-0.15, -0.1) is 0 Å². The van der Waals surface area contributed by atoms with E-state index in [0.29, 0.717) is 32.1 Å². The van der Waals surface area contributed by atoms with Crippen LogP contribution >= 0.6 is 0 Å². The molecule has 2 saturated heterocycles. The third kappa shape index (κ3) is 5.82. The second-order valence-corrected chi connectivity index (χ2v) is 6.41. The van der Waals surface area contributed by atoms with Gasteiger partial charge in [0.05, 0.1) is 12.2 Å². The predicted octanol–water partition coefficient (Wildman–Crippen LogP) is 1.26. The molecule has 0 saturated carbocycles. The lowest BCUT2D eigenvalue weighted by Crippen LogP contribution is -2.47. The Hall–Kier alpha value is -1.93. The van der Waals surface area contributed by atoms with E-state index < -0.39 is 0 Å². The van der Waals surface area contributed by atoms with Crippen molar-refractivity contribution in [2.75, 3.05) is 44.7 Å². The third-order valence-electron chi connectivity index (χ3n) is 4.43. The Kier molecular flexibility index (Phi) is 6.81. The molecule has 138 valence electrons. The Morgan fingerprint density at radius 3 is 2.28 bits per heavy atom. The fourth-order valence-corrected chi connectivity index (χ4v) is 3.15. The summed E-state index contributed by atoms with van der Waals surface area (Å²) in [5.74, 6) is 0.562. The summed E-state index contributed by atoms with van der Waals surface area (Å²) in [6.45, 7) is 3.91. The van der Waals surface area contributed by atoms with Crippen molar-refractivity contribution < 1.29 is 14.3 Å². The van der Waals surface area contributed by atoms with Gasteiger partial charge in [0.15, 0.2) is 0 Å². The number of urea groups is 1. The van der Waals surface area contributed by atoms with Crippen LogP contribution in [-0.2, 0) is 9.47 Å². The van der Waals surface area contributed by atoms with Gasteiger partial charge < -0.3 is 25.0 Å². The number of carbonyl (C=O) groups is 1. The lowest BCUT2D eigenvalue weighted by molar-refractivity contribution is 0.0499. The van der Waals surface area contributed by atoms with Gasteiger partial charge in [-0.05, 0) is 31.7 Å². The molecule has 2 N–H and O–H groups in total. The van der Waals surface area contributed by atoms with Gasteiger partial charge in [0.1, 0.15) is 0 Å². The number of hydrogen-bond donors (Lipinski definition) is 2. The lowest BCUT2D eigenvalue weighted by Gasteiger charge is -2.28. The Balaban J connectivity index is 1.43. The molecule has 8 nitrogen and oxygen atoms in total. The van der Waals surface area contributed by atoms with Crippen molar-refractivity contribution in [1.29, 1.82) is 0 Å². The van der Waals surface area contributed by atoms with Crippen LogP contribution < -0.4 is 10.6 Å². The number of amides is 2. The molecule has 0 aliphatic carbocycles. The molecule has 0 bridgehead atoms. The molecule has 2 aliphatic rings. The van der Waals surface area contributed by atoms with Crippen LogP contribution in [0.25, 0.3) is 0 Å². The molecule has 25 heavy (non-hydrogen) atoms. The molecule has 2 fully saturated rings. The van der Waals surface area contributed by atoms with Crippen LogP contribution in [0.3, 0.4) is 0 Å². The highest BCUT2D eigenvalue weighted by Crippen LogP contribution is 2.17. The number of hydrogen-bond acceptors (Lipinski definition) is 6. The minimum absolute atomic E-state index is 0.0678. The zero-order valence-electron chi connectivity index (χ0n) is 14.5. The van der Waals surface area contributed by atoms with E-state index in [4.69, 9.17) is 9.47 Å². The summed E-state index contributed by atoms with van der Waals surface area (Å²) in [5, 5.41) is 6.04. The minimum Gasteiger partial charge on any atom is -0.376 e. The molecule has 3 rings (SSSR count). The average molecular weight is 349 g/mol. The van der Waals surface area contributed by atoms with E-state index >= 15 is 0 Å². The Morgan fingerprint density at radius 2 is 1.72 bits per heavy atom. The fraction of sp³-hybridized carbons (Fsp3) is 0.706. The van der Waals surface area contributed by atoms with Gasteiger partial charge in [-0.2, -0.15) is 0 Å². The Morgan fingerprint density at radius 1 is 1.08 bits per heavy atom. The van der Waals surface area contributed by atoms with Crippen molar-refractivity contribution in [3.05, 3.63) is 18.5 Å². The number of aromatic nitrogens is 2. The first kappa shape index (κ1) is 17.9. The quantitative estimate of drug-likeness (QED) is 0.687. The summed E-state index contributed by atoms with van der Waals surface area (Å²) in [6.07, 6.45) is 7.82. The van der Waals surface area contributed by atoms with Crippen LogP contribution in [0.15, 0.2) is 18.5 Å². The van der Waals surface area contributed by atoms with Crippen LogP contribution in [0.4, 0.5) is 10.7 Å². The zero-order valence-corrected chi connectivity index (χ0v) is 14.5. The number of anilines is 1. The molecule has 2 atom stereocenters. The van der Waals surface area contributed by atoms with Crippen molar-refractivity contribution in [3.8, 4) is 0 Å². The minimum atomic E-state index is -0.0678. The molecule has 3 heterocycles. The lowest BCUT2D eigenvalue weighted by atomic mass is 10.2. The topological polar surface area (TPSA) is 88.6 Å². The molecule has 2 aliphatic heterocycles. The van der Waals surface area contributed by atoms with Crippen LogP contribution in [0.2, 0.25) is 0 Å². The second kappa shape index (κ2) is 9.53. The first-order valence-corrected chi connectivity index (χ1v) is 9.08. The molecule has 0 aromatic carbocycles. The summed E-state index contributed by atoms with van der Waals surface area (Å²) in [5.41, 5.74) is 0. The van der Waals surface area contributed by atoms with Crippen LogP contribution in [0.5, 0.6) is 0 Å². The van der Waals surface area contributed by atoms with Crippen LogP contribution in [-0.4, -0.2) is 72.5 Å². The highest BCUT2D eigenvalue weighted by atomic mass is 16.5. The molecular formula is C17H27N5O3. The van der Waals surface area contributed by atoms with Crippen molar-refractivity contribution in [1.82, 2.24) is 20.2 Å². The standard InChI is InChI=1S/C17H27N5O3/c23-17(21-9-8-20-16-18-6-3-7-19-16)22(12-14-4-1-10-24-14)13-15-5-2-11-25-15/h3,6-7,14-15H,1-2,4-5,8-13H2,(H,21,23)(H,18,19,20)/t14-,15-/m1/s1. The molecular weight excluding hydrogens is 322 g/mol. The van der Waals surface area contributed by atoms with Crippen molar-refractivity contribution in [2.45, 2.75) is 37.9 Å². The van der Waals surface area contributed by atoms with E-state index in [0.717, 1.165) is 38.9 Å². The first-order valence-electron chi connectivity index (χ1n) is 9.08. The molecule has 8 heteroatoms. The smallest absolute Gasteiger partial charge is 0.317 e. The third-order valence-corrected chi connectivity index (χ3v) is 4.43. The fourth-order valence-electron chi connectivity index (χ4n) is 3.15. The van der Waals surface area contributed by atoms with Crippen LogP contribution in [0, 0.1) is 0 Å². The van der Waals surface area contributed by atoms with E-state index in [-0.39, 0.29) is 18.2 Å². The number of nitrogens with one attached hydrogen (secondary N) is 2. The highest BCUT2D eigenvalue weighted by Gasteiger charge is 2.26. The monoisotopic (exact) mass is 349 g/mol. The first-order chi connectivity index (χ1) is 12.3. The summed E-state index contributed by atoms with van der Waals surface area (Å²) in [6, 6.07) is 1.70. The molecule has 0 spiro atoms. The number of ether oxygens (including phenoxy) is 2. The van der Waals surface area contributed by atoms with Crippen LogP contribution in [0.1, 0.15) is 25.7 Å². The maximum Gasteiger partial charge on any atom is 0.317 e. The Labute approximate surface area is 148 Å². The summed E-state index contributed by atoms with van der Waals surface area (Å²) < 4.78 is 11.4. The van der Waals surface area contributed by atoms with Gasteiger partial charge in [0, 0.05) is 51.8 Å². The molecule has 0 radical (unpaired) electrons. The highest BCUT2D eigenvalue weighted by molar-refractivity contribution is 5.74. The Bertz CT molecular complexity index is 500. The van der Waals surface area contributed by atoms with Crippen molar-refractivity contribution in [2.24, 2.45) is 0 Å². The van der Waals surface area contributed by atoms with E-state index in [1.54, 1.807) is 18.5 Å². The molecule has 1 aromatic heterocycles. The number of nitrogens with zero attached hydrogens (tertiary/aromatic N) is 3. The van der Waals surface area contributed by atoms with E-state index in [9.17, 15) is 4.79 Å². The van der Waals surface area contributed by atoms with Gasteiger partial charge in [-0.25, -0.2) is 14.8 Å². The molecule has 2 amide bonds. The zero-order chi connectivity index (χ0) is 17.3. The van der Waals surface area contributed by atoms with Gasteiger partial charge in [0.25, 0.3) is 0 Å². The second-order valence-electron chi connectivity index (χ2n) is 6.41. The average Bonchev–Trinajstić information content (AvgIpc) is 3.33. The molecule has 0 unspecified atom stereocenters. The summed E-state index contributed by atoms with van der Waals surface area (Å²) in [4.78, 5) is 22.6. The van der Waals surface area contributed by atoms with Gasteiger partial charge >= 0.3 is 6.03 Å². The maximum atomic E-state index is 12.6. The largest absolute Gasteiger partial charge is 0.376 e. The molecule has 1 aromatic rings. The van der Waals surface area contributed by atoms with E-state index in [1.165, 1.54) is 0 Å². The number of carbonyl (C=O) groups excluding carboxylic acids is 1. The van der Waals surface area contributed by atoms with Crippen molar-refractivity contribution in [3.63, 3.8) is 0 Å². The maximum absolute atomic E-state index is 12.6. The summed E-state index contributed by atoms with van der Waals surface area (Å²) in [7, 11) is 0. The van der Waals surface area contributed by atoms with Gasteiger partial charge in [-0.3, -0.25) is 0 Å². The van der Waals surface area contributed by atoms with Crippen molar-refractivity contribution >= 4 is 12.0 Å².